The molecule has 0 aliphatic carbocycles. The van der Waals surface area contributed by atoms with Gasteiger partial charge in [0.1, 0.15) is 0 Å². The molecule has 8 rings (SSSR count). The first kappa shape index (κ1) is 25.8. The van der Waals surface area contributed by atoms with Gasteiger partial charge < -0.3 is 0 Å². The molecule has 0 spiro atoms. The highest BCUT2D eigenvalue weighted by molar-refractivity contribution is 6.09. The average Bonchev–Trinajstić information content (AvgIpc) is 3.12. The van der Waals surface area contributed by atoms with Gasteiger partial charge in [-0.05, 0) is 57.0 Å². The first-order valence-electron chi connectivity index (χ1n) is 14.9. The maximum Gasteiger partial charge on any atom is 0.160 e. The lowest BCUT2D eigenvalue weighted by Gasteiger charge is -2.12. The molecule has 0 bridgehead atoms. The van der Waals surface area contributed by atoms with Crippen LogP contribution in [0.25, 0.3) is 77.7 Å². The Balaban J connectivity index is 1.19. The quantitative estimate of drug-likeness (QED) is 0.196. The van der Waals surface area contributed by atoms with Crippen molar-refractivity contribution >= 4 is 21.7 Å². The van der Waals surface area contributed by atoms with E-state index in [2.05, 4.69) is 152 Å². The van der Waals surface area contributed by atoms with Gasteiger partial charge in [-0.15, -0.1) is 0 Å². The third kappa shape index (κ3) is 4.83. The Kier molecular flexibility index (Phi) is 6.51. The maximum absolute atomic E-state index is 5.13. The molecule has 0 radical (unpaired) electrons. The van der Waals surface area contributed by atoms with Crippen LogP contribution in [0.1, 0.15) is 0 Å². The fourth-order valence-corrected chi connectivity index (χ4v) is 6.01. The minimum atomic E-state index is 0.735. The Morgan fingerprint density at radius 2 is 0.795 bits per heavy atom. The SMILES string of the molecule is c1ccc(-c2cccc(-c3cccc(-c4ccc(-c5nc(-c6ccccc6)nc6c5ccc5ccccc56)cc4)c3)c2)cc1. The van der Waals surface area contributed by atoms with E-state index in [-0.39, 0.29) is 0 Å². The Morgan fingerprint density at radius 3 is 1.45 bits per heavy atom. The molecular weight excluding hydrogens is 532 g/mol. The van der Waals surface area contributed by atoms with Crippen molar-refractivity contribution < 1.29 is 0 Å². The molecule has 206 valence electrons. The van der Waals surface area contributed by atoms with Crippen LogP contribution in [0.4, 0.5) is 0 Å². The number of nitrogens with zero attached hydrogens (tertiary/aromatic N) is 2. The summed E-state index contributed by atoms with van der Waals surface area (Å²) in [6, 6.07) is 59.8. The number of hydrogen-bond acceptors (Lipinski definition) is 2. The van der Waals surface area contributed by atoms with Crippen LogP contribution >= 0.6 is 0 Å². The molecule has 0 aliphatic rings. The molecular formula is C42H28N2. The van der Waals surface area contributed by atoms with E-state index < -0.39 is 0 Å². The van der Waals surface area contributed by atoms with E-state index in [1.54, 1.807) is 0 Å². The van der Waals surface area contributed by atoms with Crippen molar-refractivity contribution in [3.05, 3.63) is 170 Å². The first-order valence-corrected chi connectivity index (χ1v) is 14.9. The lowest BCUT2D eigenvalue weighted by molar-refractivity contribution is 1.23. The normalized spacial score (nSPS) is 11.2. The summed E-state index contributed by atoms with van der Waals surface area (Å²) < 4.78 is 0. The van der Waals surface area contributed by atoms with Crippen LogP contribution in [0.2, 0.25) is 0 Å². The van der Waals surface area contributed by atoms with Gasteiger partial charge in [-0.2, -0.15) is 0 Å². The summed E-state index contributed by atoms with van der Waals surface area (Å²) in [7, 11) is 0. The maximum atomic E-state index is 5.13. The van der Waals surface area contributed by atoms with E-state index in [0.29, 0.717) is 0 Å². The fourth-order valence-electron chi connectivity index (χ4n) is 6.01. The van der Waals surface area contributed by atoms with Gasteiger partial charge in [0.25, 0.3) is 0 Å². The number of fused-ring (bicyclic) bond motifs is 3. The number of hydrogen-bond donors (Lipinski definition) is 0. The predicted molar refractivity (Wildman–Crippen MR) is 184 cm³/mol. The molecule has 0 saturated carbocycles. The highest BCUT2D eigenvalue weighted by Gasteiger charge is 2.14. The minimum Gasteiger partial charge on any atom is -0.227 e. The molecule has 0 N–H and O–H groups in total. The zero-order valence-electron chi connectivity index (χ0n) is 24.1. The van der Waals surface area contributed by atoms with Crippen molar-refractivity contribution in [1.82, 2.24) is 9.97 Å². The Morgan fingerprint density at radius 1 is 0.295 bits per heavy atom. The number of aromatic nitrogens is 2. The van der Waals surface area contributed by atoms with Gasteiger partial charge in [-0.1, -0.05) is 152 Å². The van der Waals surface area contributed by atoms with Crippen molar-refractivity contribution in [2.75, 3.05) is 0 Å². The Hall–Kier alpha value is -5.86. The van der Waals surface area contributed by atoms with Crippen LogP contribution in [-0.4, -0.2) is 9.97 Å². The zero-order chi connectivity index (χ0) is 29.3. The number of benzene rings is 7. The average molecular weight is 561 g/mol. The topological polar surface area (TPSA) is 25.8 Å². The van der Waals surface area contributed by atoms with Gasteiger partial charge in [0.05, 0.1) is 11.2 Å². The monoisotopic (exact) mass is 560 g/mol. The van der Waals surface area contributed by atoms with E-state index in [1.807, 2.05) is 18.2 Å². The van der Waals surface area contributed by atoms with E-state index in [1.165, 1.54) is 38.8 Å². The molecule has 0 aliphatic heterocycles. The van der Waals surface area contributed by atoms with Gasteiger partial charge in [0, 0.05) is 21.9 Å². The molecule has 0 atom stereocenters. The van der Waals surface area contributed by atoms with Crippen LogP contribution in [0, 0.1) is 0 Å². The summed E-state index contributed by atoms with van der Waals surface area (Å²) in [6.45, 7) is 0. The van der Waals surface area contributed by atoms with Crippen molar-refractivity contribution in [2.24, 2.45) is 0 Å². The fraction of sp³-hybridized carbons (Fsp3) is 0. The van der Waals surface area contributed by atoms with Crippen LogP contribution in [0.3, 0.4) is 0 Å². The molecule has 2 heteroatoms. The van der Waals surface area contributed by atoms with E-state index in [9.17, 15) is 0 Å². The third-order valence-corrected chi connectivity index (χ3v) is 8.28. The molecule has 0 unspecified atom stereocenters. The summed E-state index contributed by atoms with van der Waals surface area (Å²) in [6.07, 6.45) is 0. The van der Waals surface area contributed by atoms with Gasteiger partial charge in [0.15, 0.2) is 5.82 Å². The lowest BCUT2D eigenvalue weighted by atomic mass is 9.95. The molecule has 44 heavy (non-hydrogen) atoms. The predicted octanol–water partition coefficient (Wildman–Crippen LogP) is 11.1. The smallest absolute Gasteiger partial charge is 0.160 e. The zero-order valence-corrected chi connectivity index (χ0v) is 24.1. The summed E-state index contributed by atoms with van der Waals surface area (Å²) in [5.41, 5.74) is 11.2. The Bertz CT molecular complexity index is 2250. The second-order valence-electron chi connectivity index (χ2n) is 11.0. The van der Waals surface area contributed by atoms with Crippen LogP contribution in [-0.2, 0) is 0 Å². The third-order valence-electron chi connectivity index (χ3n) is 8.28. The van der Waals surface area contributed by atoms with Crippen LogP contribution in [0.15, 0.2) is 170 Å². The summed E-state index contributed by atoms with van der Waals surface area (Å²) in [5.74, 6) is 0.735. The molecule has 0 fully saturated rings. The second kappa shape index (κ2) is 11.1. The lowest BCUT2D eigenvalue weighted by Crippen LogP contribution is -1.96. The van der Waals surface area contributed by atoms with Crippen molar-refractivity contribution in [3.8, 4) is 56.0 Å². The first-order chi connectivity index (χ1) is 21.8. The Labute approximate surface area is 257 Å². The van der Waals surface area contributed by atoms with E-state index in [4.69, 9.17) is 9.97 Å². The van der Waals surface area contributed by atoms with Gasteiger partial charge in [-0.3, -0.25) is 0 Å². The molecule has 0 amide bonds. The summed E-state index contributed by atoms with van der Waals surface area (Å²) in [4.78, 5) is 10.2. The number of rotatable bonds is 5. The van der Waals surface area contributed by atoms with Crippen molar-refractivity contribution in [1.29, 1.82) is 0 Å². The molecule has 8 aromatic rings. The molecule has 1 heterocycles. The highest BCUT2D eigenvalue weighted by atomic mass is 14.9. The molecule has 1 aromatic heterocycles. The van der Waals surface area contributed by atoms with Crippen molar-refractivity contribution in [2.45, 2.75) is 0 Å². The minimum absolute atomic E-state index is 0.735. The van der Waals surface area contributed by atoms with Gasteiger partial charge >= 0.3 is 0 Å². The molecule has 0 saturated heterocycles. The molecule has 7 aromatic carbocycles. The standard InChI is InChI=1S/C42H28N2/c1-3-11-29(12-4-1)34-16-9-18-36(27-34)37-19-10-17-35(28-37)30-21-23-32(24-22-30)40-39-26-25-31-13-7-8-20-38(31)41(39)44-42(43-40)33-14-5-2-6-15-33/h1-28H. The van der Waals surface area contributed by atoms with E-state index >= 15 is 0 Å². The molecule has 2 nitrogen and oxygen atoms in total. The second-order valence-corrected chi connectivity index (χ2v) is 11.0. The summed E-state index contributed by atoms with van der Waals surface area (Å²) in [5, 5.41) is 3.36. The summed E-state index contributed by atoms with van der Waals surface area (Å²) >= 11 is 0. The van der Waals surface area contributed by atoms with Crippen LogP contribution in [0.5, 0.6) is 0 Å². The van der Waals surface area contributed by atoms with Crippen LogP contribution < -0.4 is 0 Å². The largest absolute Gasteiger partial charge is 0.227 e. The van der Waals surface area contributed by atoms with Gasteiger partial charge in [-0.25, -0.2) is 9.97 Å². The highest BCUT2D eigenvalue weighted by Crippen LogP contribution is 2.35. The van der Waals surface area contributed by atoms with Gasteiger partial charge in [0.2, 0.25) is 0 Å². The van der Waals surface area contributed by atoms with Crippen molar-refractivity contribution in [3.63, 3.8) is 0 Å². The van der Waals surface area contributed by atoms with E-state index in [0.717, 1.165) is 38.9 Å².